The maximum absolute atomic E-state index is 12.8. The maximum atomic E-state index is 12.8. The van der Waals surface area contributed by atoms with E-state index in [9.17, 15) is 9.59 Å². The molecule has 0 bridgehead atoms. The molecule has 9 nitrogen and oxygen atoms in total. The van der Waals surface area contributed by atoms with Crippen LogP contribution in [0.5, 0.6) is 0 Å². The van der Waals surface area contributed by atoms with E-state index in [0.717, 1.165) is 44.7 Å². The van der Waals surface area contributed by atoms with E-state index in [-0.39, 0.29) is 18.0 Å². The van der Waals surface area contributed by atoms with Crippen LogP contribution in [0.4, 0.5) is 16.2 Å². The molecule has 1 fully saturated rings. The molecule has 0 radical (unpaired) electrons. The van der Waals surface area contributed by atoms with Gasteiger partial charge >= 0.3 is 6.03 Å². The van der Waals surface area contributed by atoms with Crippen molar-refractivity contribution in [2.45, 2.75) is 32.9 Å². The van der Waals surface area contributed by atoms with Crippen molar-refractivity contribution < 1.29 is 9.59 Å². The standard InChI is InChI=1S/C25H37N7O2/c1-19(2)28-25(34)32(12-6-11-31-15-13-30(3)14-16-31)18-20-9-10-23(27-17-20)24(33)29-22-8-5-4-7-21(22)26/h4-5,7-10,17,19H,6,11-16,18,26H2,1-3H3,(H,28,34)(H,29,33). The molecule has 3 amide bonds. The van der Waals surface area contributed by atoms with Crippen molar-refractivity contribution in [1.82, 2.24) is 25.0 Å². The van der Waals surface area contributed by atoms with Gasteiger partial charge in [0.2, 0.25) is 0 Å². The van der Waals surface area contributed by atoms with Gasteiger partial charge in [0.25, 0.3) is 5.91 Å². The molecule has 3 rings (SSSR count). The van der Waals surface area contributed by atoms with E-state index in [0.29, 0.717) is 30.2 Å². The van der Waals surface area contributed by atoms with Gasteiger partial charge in [-0.3, -0.25) is 9.78 Å². The first-order chi connectivity index (χ1) is 16.3. The summed E-state index contributed by atoms with van der Waals surface area (Å²) < 4.78 is 0. The van der Waals surface area contributed by atoms with Gasteiger partial charge in [0.15, 0.2) is 0 Å². The molecule has 9 heteroatoms. The lowest BCUT2D eigenvalue weighted by atomic mass is 10.2. The summed E-state index contributed by atoms with van der Waals surface area (Å²) in [5.41, 5.74) is 8.11. The molecule has 1 aliphatic heterocycles. The zero-order valence-corrected chi connectivity index (χ0v) is 20.5. The van der Waals surface area contributed by atoms with Crippen LogP contribution in [0.25, 0.3) is 0 Å². The Morgan fingerprint density at radius 2 is 1.85 bits per heavy atom. The van der Waals surface area contributed by atoms with E-state index in [4.69, 9.17) is 5.73 Å². The van der Waals surface area contributed by atoms with Crippen LogP contribution in [-0.2, 0) is 6.54 Å². The zero-order valence-electron chi connectivity index (χ0n) is 20.5. The predicted molar refractivity (Wildman–Crippen MR) is 136 cm³/mol. The van der Waals surface area contributed by atoms with Gasteiger partial charge in [-0.15, -0.1) is 0 Å². The number of rotatable bonds is 9. The number of nitrogen functional groups attached to an aromatic ring is 1. The lowest BCUT2D eigenvalue weighted by Crippen LogP contribution is -2.46. The van der Waals surface area contributed by atoms with E-state index in [1.165, 1.54) is 0 Å². The topological polar surface area (TPSA) is 107 Å². The number of hydrogen-bond donors (Lipinski definition) is 3. The highest BCUT2D eigenvalue weighted by Crippen LogP contribution is 2.17. The summed E-state index contributed by atoms with van der Waals surface area (Å²) >= 11 is 0. The van der Waals surface area contributed by atoms with Crippen molar-refractivity contribution in [3.05, 3.63) is 53.9 Å². The summed E-state index contributed by atoms with van der Waals surface area (Å²) in [6, 6.07) is 10.6. The molecule has 1 aromatic carbocycles. The van der Waals surface area contributed by atoms with Gasteiger partial charge in [0.05, 0.1) is 11.4 Å². The predicted octanol–water partition coefficient (Wildman–Crippen LogP) is 2.47. The number of nitrogens with two attached hydrogens (primary N) is 1. The number of urea groups is 1. The monoisotopic (exact) mass is 467 g/mol. The lowest BCUT2D eigenvalue weighted by molar-refractivity contribution is 0.102. The number of nitrogens with zero attached hydrogens (tertiary/aromatic N) is 4. The minimum atomic E-state index is -0.328. The van der Waals surface area contributed by atoms with Gasteiger partial charge in [0, 0.05) is 51.5 Å². The van der Waals surface area contributed by atoms with Crippen molar-refractivity contribution >= 4 is 23.3 Å². The fraction of sp³-hybridized carbons (Fsp3) is 0.480. The zero-order chi connectivity index (χ0) is 24.5. The van der Waals surface area contributed by atoms with Crippen LogP contribution in [-0.4, -0.2) is 84.0 Å². The third-order valence-electron chi connectivity index (χ3n) is 5.84. The number of hydrogen-bond acceptors (Lipinski definition) is 6. The van der Waals surface area contributed by atoms with E-state index in [2.05, 4.69) is 32.5 Å². The first-order valence-corrected chi connectivity index (χ1v) is 11.9. The number of aromatic nitrogens is 1. The number of para-hydroxylation sites is 2. The van der Waals surface area contributed by atoms with Crippen LogP contribution < -0.4 is 16.4 Å². The molecule has 1 aliphatic rings. The molecular formula is C25H37N7O2. The molecule has 2 aromatic rings. The third kappa shape index (κ3) is 7.71. The van der Waals surface area contributed by atoms with Crippen LogP contribution in [0.2, 0.25) is 0 Å². The van der Waals surface area contributed by atoms with E-state index in [1.54, 1.807) is 24.4 Å². The molecule has 0 spiro atoms. The Labute approximate surface area is 202 Å². The number of carbonyl (C=O) groups excluding carboxylic acids is 2. The number of amides is 3. The number of likely N-dealkylation sites (N-methyl/N-ethyl adjacent to an activating group) is 1. The number of piperazine rings is 1. The second-order valence-corrected chi connectivity index (χ2v) is 9.12. The molecule has 0 atom stereocenters. The molecule has 34 heavy (non-hydrogen) atoms. The van der Waals surface area contributed by atoms with Gasteiger partial charge in [-0.1, -0.05) is 18.2 Å². The number of carbonyl (C=O) groups is 2. The Morgan fingerprint density at radius 3 is 2.50 bits per heavy atom. The van der Waals surface area contributed by atoms with Crippen molar-refractivity contribution in [3.8, 4) is 0 Å². The summed E-state index contributed by atoms with van der Waals surface area (Å²) in [5.74, 6) is -0.328. The molecular weight excluding hydrogens is 430 g/mol. The minimum Gasteiger partial charge on any atom is -0.397 e. The first kappa shape index (κ1) is 25.5. The van der Waals surface area contributed by atoms with Crippen LogP contribution in [0.3, 0.4) is 0 Å². The van der Waals surface area contributed by atoms with Crippen LogP contribution in [0.1, 0.15) is 36.3 Å². The highest BCUT2D eigenvalue weighted by molar-refractivity contribution is 6.04. The van der Waals surface area contributed by atoms with Gasteiger partial charge in [0.1, 0.15) is 5.69 Å². The quantitative estimate of drug-likeness (QED) is 0.489. The Kier molecular flexibility index (Phi) is 9.24. The van der Waals surface area contributed by atoms with Crippen molar-refractivity contribution in [1.29, 1.82) is 0 Å². The Balaban J connectivity index is 1.58. The van der Waals surface area contributed by atoms with E-state index in [1.807, 2.05) is 36.9 Å². The number of pyridine rings is 1. The van der Waals surface area contributed by atoms with Crippen molar-refractivity contribution in [3.63, 3.8) is 0 Å². The highest BCUT2D eigenvalue weighted by Gasteiger charge is 2.18. The smallest absolute Gasteiger partial charge is 0.317 e. The van der Waals surface area contributed by atoms with Crippen molar-refractivity contribution in [2.75, 3.05) is 57.4 Å². The molecule has 1 saturated heterocycles. The Hall–Kier alpha value is -3.17. The number of anilines is 2. The molecule has 0 aliphatic carbocycles. The molecule has 4 N–H and O–H groups in total. The SMILES string of the molecule is CC(C)NC(=O)N(CCCN1CCN(C)CC1)Cc1ccc(C(=O)Nc2ccccc2N)nc1. The third-order valence-corrected chi connectivity index (χ3v) is 5.84. The summed E-state index contributed by atoms with van der Waals surface area (Å²) in [6.45, 7) is 10.3. The van der Waals surface area contributed by atoms with E-state index >= 15 is 0 Å². The summed E-state index contributed by atoms with van der Waals surface area (Å²) in [7, 11) is 2.15. The lowest BCUT2D eigenvalue weighted by Gasteiger charge is -2.33. The summed E-state index contributed by atoms with van der Waals surface area (Å²) in [5, 5.41) is 5.77. The van der Waals surface area contributed by atoms with Crippen molar-refractivity contribution in [2.24, 2.45) is 0 Å². The van der Waals surface area contributed by atoms with Gasteiger partial charge in [-0.05, 0) is 57.6 Å². The molecule has 184 valence electrons. The fourth-order valence-electron chi connectivity index (χ4n) is 3.82. The first-order valence-electron chi connectivity index (χ1n) is 11.9. The molecule has 1 aromatic heterocycles. The number of nitrogens with one attached hydrogen (secondary N) is 2. The highest BCUT2D eigenvalue weighted by atomic mass is 16.2. The van der Waals surface area contributed by atoms with E-state index < -0.39 is 0 Å². The number of benzene rings is 1. The normalized spacial score (nSPS) is 14.7. The Morgan fingerprint density at radius 1 is 1.12 bits per heavy atom. The second kappa shape index (κ2) is 12.3. The summed E-state index contributed by atoms with van der Waals surface area (Å²) in [6.07, 6.45) is 2.56. The molecule has 0 saturated carbocycles. The minimum absolute atomic E-state index is 0.0576. The van der Waals surface area contributed by atoms with Crippen LogP contribution in [0.15, 0.2) is 42.6 Å². The van der Waals surface area contributed by atoms with Crippen LogP contribution >= 0.6 is 0 Å². The average molecular weight is 468 g/mol. The summed E-state index contributed by atoms with van der Waals surface area (Å²) in [4.78, 5) is 36.2. The molecule has 2 heterocycles. The van der Waals surface area contributed by atoms with Gasteiger partial charge in [-0.2, -0.15) is 0 Å². The van der Waals surface area contributed by atoms with Crippen LogP contribution in [0, 0.1) is 0 Å². The second-order valence-electron chi connectivity index (χ2n) is 9.12. The maximum Gasteiger partial charge on any atom is 0.317 e. The molecule has 0 unspecified atom stereocenters. The average Bonchev–Trinajstić information content (AvgIpc) is 2.81. The largest absolute Gasteiger partial charge is 0.397 e. The fourth-order valence-corrected chi connectivity index (χ4v) is 3.82. The Bertz CT molecular complexity index is 941. The van der Waals surface area contributed by atoms with Gasteiger partial charge in [-0.25, -0.2) is 4.79 Å². The van der Waals surface area contributed by atoms with Gasteiger partial charge < -0.3 is 31.1 Å².